The number of carbonyl (C=O) groups excluding carboxylic acids is 2. The molecule has 0 radical (unpaired) electrons. The van der Waals surface area contributed by atoms with Crippen LogP contribution < -0.4 is 0 Å². The molecule has 0 N–H and O–H groups in total. The van der Waals surface area contributed by atoms with E-state index in [1.165, 1.54) is 29.2 Å². The summed E-state index contributed by atoms with van der Waals surface area (Å²) in [4.78, 5) is 30.4. The molecular formula is C21H23ClF3N5O2. The molecule has 172 valence electrons. The van der Waals surface area contributed by atoms with Gasteiger partial charge in [-0.2, -0.15) is 18.3 Å². The van der Waals surface area contributed by atoms with Gasteiger partial charge in [-0.3, -0.25) is 14.5 Å². The Kier molecular flexibility index (Phi) is 6.43. The topological polar surface area (TPSA) is 61.7 Å². The quantitative estimate of drug-likeness (QED) is 0.691. The molecule has 2 fully saturated rings. The number of hydrogen-bond donors (Lipinski definition) is 0. The first-order valence-corrected chi connectivity index (χ1v) is 10.8. The molecule has 2 aromatic rings. The lowest BCUT2D eigenvalue weighted by molar-refractivity contribution is -0.143. The van der Waals surface area contributed by atoms with E-state index in [1.807, 2.05) is 9.80 Å². The third-order valence-corrected chi connectivity index (χ3v) is 6.07. The van der Waals surface area contributed by atoms with Crippen LogP contribution in [0.3, 0.4) is 0 Å². The van der Waals surface area contributed by atoms with Crippen molar-refractivity contribution in [2.24, 2.45) is 0 Å². The number of hydrogen-bond acceptors (Lipinski definition) is 4. The van der Waals surface area contributed by atoms with Crippen LogP contribution in [0.5, 0.6) is 0 Å². The third-order valence-electron chi connectivity index (χ3n) is 5.82. The maximum Gasteiger partial charge on any atom is 0.434 e. The lowest BCUT2D eigenvalue weighted by Gasteiger charge is -2.35. The van der Waals surface area contributed by atoms with E-state index < -0.39 is 23.3 Å². The van der Waals surface area contributed by atoms with Gasteiger partial charge in [0.25, 0.3) is 5.91 Å². The molecule has 0 unspecified atom stereocenters. The SMILES string of the molecule is O=C(CN1CCN(C(=O)c2cnn(-c3ccc(Cl)cc3)c2C(F)(F)F)CC1)N1CCCC1. The number of alkyl halides is 3. The summed E-state index contributed by atoms with van der Waals surface area (Å²) in [6, 6.07) is 5.75. The van der Waals surface area contributed by atoms with Gasteiger partial charge in [0.2, 0.25) is 5.91 Å². The zero-order valence-electron chi connectivity index (χ0n) is 17.3. The molecule has 0 aliphatic carbocycles. The number of benzene rings is 1. The van der Waals surface area contributed by atoms with Gasteiger partial charge in [-0.05, 0) is 37.1 Å². The Hall–Kier alpha value is -2.59. The molecular weight excluding hydrogens is 447 g/mol. The normalized spacial score (nSPS) is 17.8. The van der Waals surface area contributed by atoms with Crippen LogP contribution in [-0.2, 0) is 11.0 Å². The minimum absolute atomic E-state index is 0.0610. The van der Waals surface area contributed by atoms with Crippen molar-refractivity contribution in [2.45, 2.75) is 19.0 Å². The largest absolute Gasteiger partial charge is 0.434 e. The summed E-state index contributed by atoms with van der Waals surface area (Å²) < 4.78 is 42.4. The number of amides is 2. The summed E-state index contributed by atoms with van der Waals surface area (Å²) in [5.41, 5.74) is -1.45. The van der Waals surface area contributed by atoms with Crippen LogP contribution in [0.15, 0.2) is 30.5 Å². The fraction of sp³-hybridized carbons (Fsp3) is 0.476. The van der Waals surface area contributed by atoms with Crippen molar-refractivity contribution in [3.8, 4) is 5.69 Å². The van der Waals surface area contributed by atoms with Crippen molar-refractivity contribution in [2.75, 3.05) is 45.8 Å². The van der Waals surface area contributed by atoms with E-state index in [4.69, 9.17) is 11.6 Å². The van der Waals surface area contributed by atoms with Gasteiger partial charge in [-0.15, -0.1) is 0 Å². The second-order valence-corrected chi connectivity index (χ2v) is 8.39. The molecule has 2 aliphatic heterocycles. The minimum atomic E-state index is -4.77. The lowest BCUT2D eigenvalue weighted by Crippen LogP contribution is -2.51. The van der Waals surface area contributed by atoms with Crippen LogP contribution >= 0.6 is 11.6 Å². The Morgan fingerprint density at radius 3 is 2.16 bits per heavy atom. The second-order valence-electron chi connectivity index (χ2n) is 7.95. The van der Waals surface area contributed by atoms with Crippen molar-refractivity contribution in [1.82, 2.24) is 24.5 Å². The standard InChI is InChI=1S/C21H23ClF3N5O2/c22-15-3-5-16(6-4-15)30-19(21(23,24)25)17(13-26-30)20(32)29-11-9-27(10-12-29)14-18(31)28-7-1-2-8-28/h3-6,13H,1-2,7-12,14H2. The van der Waals surface area contributed by atoms with Crippen LogP contribution in [0.2, 0.25) is 5.02 Å². The Labute approximate surface area is 188 Å². The van der Waals surface area contributed by atoms with Gasteiger partial charge < -0.3 is 9.80 Å². The van der Waals surface area contributed by atoms with Gasteiger partial charge in [-0.1, -0.05) is 11.6 Å². The molecule has 1 aromatic carbocycles. The number of nitrogens with zero attached hydrogens (tertiary/aromatic N) is 5. The molecule has 32 heavy (non-hydrogen) atoms. The Bertz CT molecular complexity index is 978. The van der Waals surface area contributed by atoms with Crippen LogP contribution in [0.25, 0.3) is 5.69 Å². The van der Waals surface area contributed by atoms with E-state index in [0.717, 1.165) is 32.1 Å². The average Bonchev–Trinajstić information content (AvgIpc) is 3.44. The van der Waals surface area contributed by atoms with Crippen LogP contribution in [0.4, 0.5) is 13.2 Å². The maximum absolute atomic E-state index is 13.9. The molecule has 7 nitrogen and oxygen atoms in total. The summed E-state index contributed by atoms with van der Waals surface area (Å²) in [6.07, 6.45) is -1.79. The molecule has 4 rings (SSSR count). The lowest BCUT2D eigenvalue weighted by atomic mass is 10.1. The molecule has 0 bridgehead atoms. The second kappa shape index (κ2) is 9.11. The molecule has 0 saturated carbocycles. The first kappa shape index (κ1) is 22.6. The zero-order chi connectivity index (χ0) is 22.9. The molecule has 2 saturated heterocycles. The van der Waals surface area contributed by atoms with Gasteiger partial charge in [0, 0.05) is 44.3 Å². The maximum atomic E-state index is 13.9. The van der Waals surface area contributed by atoms with Gasteiger partial charge >= 0.3 is 6.18 Å². The summed E-state index contributed by atoms with van der Waals surface area (Å²) in [6.45, 7) is 3.16. The Morgan fingerprint density at radius 1 is 0.938 bits per heavy atom. The molecule has 0 spiro atoms. The van der Waals surface area contributed by atoms with Crippen LogP contribution in [-0.4, -0.2) is 82.1 Å². The first-order valence-electron chi connectivity index (χ1n) is 10.4. The smallest absolute Gasteiger partial charge is 0.342 e. The number of likely N-dealkylation sites (tertiary alicyclic amines) is 1. The zero-order valence-corrected chi connectivity index (χ0v) is 18.1. The number of carbonyl (C=O) groups is 2. The number of aromatic nitrogens is 2. The highest BCUT2D eigenvalue weighted by molar-refractivity contribution is 6.30. The number of halogens is 4. The molecule has 2 aliphatic rings. The van der Waals surface area contributed by atoms with Gasteiger partial charge in [0.1, 0.15) is 0 Å². The Balaban J connectivity index is 1.46. The minimum Gasteiger partial charge on any atom is -0.342 e. The number of rotatable bonds is 4. The summed E-state index contributed by atoms with van der Waals surface area (Å²) in [5.74, 6) is -0.658. The van der Waals surface area contributed by atoms with Gasteiger partial charge in [0.05, 0.1) is 24.0 Å². The fourth-order valence-electron chi connectivity index (χ4n) is 4.09. The summed E-state index contributed by atoms with van der Waals surface area (Å²) >= 11 is 5.83. The predicted molar refractivity (Wildman–Crippen MR) is 112 cm³/mol. The van der Waals surface area contributed by atoms with Crippen LogP contribution in [0.1, 0.15) is 28.9 Å². The van der Waals surface area contributed by atoms with E-state index in [1.54, 1.807) is 0 Å². The van der Waals surface area contributed by atoms with Crippen molar-refractivity contribution in [3.05, 3.63) is 46.7 Å². The highest BCUT2D eigenvalue weighted by atomic mass is 35.5. The number of piperazine rings is 1. The molecule has 3 heterocycles. The molecule has 1 aromatic heterocycles. The predicted octanol–water partition coefficient (Wildman–Crippen LogP) is 2.92. The first-order chi connectivity index (χ1) is 15.2. The highest BCUT2D eigenvalue weighted by Crippen LogP contribution is 2.34. The van der Waals surface area contributed by atoms with Crippen molar-refractivity contribution >= 4 is 23.4 Å². The van der Waals surface area contributed by atoms with E-state index in [-0.39, 0.29) is 31.2 Å². The fourth-order valence-corrected chi connectivity index (χ4v) is 4.22. The van der Waals surface area contributed by atoms with Crippen molar-refractivity contribution in [3.63, 3.8) is 0 Å². The van der Waals surface area contributed by atoms with Crippen molar-refractivity contribution in [1.29, 1.82) is 0 Å². The van der Waals surface area contributed by atoms with E-state index >= 15 is 0 Å². The van der Waals surface area contributed by atoms with Crippen LogP contribution in [0, 0.1) is 0 Å². The van der Waals surface area contributed by atoms with E-state index in [0.29, 0.717) is 22.8 Å². The molecule has 0 atom stereocenters. The monoisotopic (exact) mass is 469 g/mol. The molecule has 2 amide bonds. The van der Waals surface area contributed by atoms with E-state index in [2.05, 4.69) is 5.10 Å². The summed E-state index contributed by atoms with van der Waals surface area (Å²) in [5, 5.41) is 4.22. The highest BCUT2D eigenvalue weighted by Gasteiger charge is 2.41. The average molecular weight is 470 g/mol. The Morgan fingerprint density at radius 2 is 1.56 bits per heavy atom. The van der Waals surface area contributed by atoms with E-state index in [9.17, 15) is 22.8 Å². The van der Waals surface area contributed by atoms with Gasteiger partial charge in [0.15, 0.2) is 5.69 Å². The van der Waals surface area contributed by atoms with Gasteiger partial charge in [-0.25, -0.2) is 4.68 Å². The molecule has 11 heteroatoms. The summed E-state index contributed by atoms with van der Waals surface area (Å²) in [7, 11) is 0. The third kappa shape index (κ3) is 4.75. The van der Waals surface area contributed by atoms with Crippen molar-refractivity contribution < 1.29 is 22.8 Å².